The van der Waals surface area contributed by atoms with Crippen molar-refractivity contribution in [2.75, 3.05) is 0 Å². The number of hydrogen-bond acceptors (Lipinski definition) is 0. The molecule has 0 fully saturated rings. The number of halogens is 1. The first-order valence-electron chi connectivity index (χ1n) is 5.74. The molecular weight excluding hydrogens is 353 g/mol. The van der Waals surface area contributed by atoms with E-state index in [9.17, 15) is 0 Å². The summed E-state index contributed by atoms with van der Waals surface area (Å²) in [5.41, 5.74) is 2.60. The summed E-state index contributed by atoms with van der Waals surface area (Å²) in [5.74, 6) is 2.24. The Bertz CT molecular complexity index is 520. The maximum absolute atomic E-state index is 3.55. The van der Waals surface area contributed by atoms with Crippen LogP contribution in [0.5, 0.6) is 0 Å². The molecule has 0 saturated carbocycles. The topological polar surface area (TPSA) is 14.0 Å². The van der Waals surface area contributed by atoms with Gasteiger partial charge in [-0.2, -0.15) is 0 Å². The summed E-state index contributed by atoms with van der Waals surface area (Å²) in [4.78, 5) is 3.55. The van der Waals surface area contributed by atoms with Crippen molar-refractivity contribution in [3.05, 3.63) is 70.2 Å². The van der Waals surface area contributed by atoms with Crippen LogP contribution in [0, 0.1) is 0 Å². The Morgan fingerprint density at radius 1 is 1.06 bits per heavy atom. The molecule has 0 aliphatic rings. The van der Waals surface area contributed by atoms with E-state index in [2.05, 4.69) is 75.3 Å². The number of benzene rings is 2. The Balaban J connectivity index is 2.16. The van der Waals surface area contributed by atoms with Crippen molar-refractivity contribution in [1.29, 1.82) is 0 Å². The predicted molar refractivity (Wildman–Crippen MR) is 81.0 cm³/mol. The molecule has 1 N–H and O–H groups in total. The molecule has 0 bridgehead atoms. The molecule has 1 nitrogen and oxygen atoms in total. The molecule has 2 aromatic carbocycles. The van der Waals surface area contributed by atoms with Gasteiger partial charge in [-0.1, -0.05) is 0 Å². The van der Waals surface area contributed by atoms with Gasteiger partial charge in [-0.15, -0.1) is 0 Å². The normalized spacial score (nSPS) is 11.6. The van der Waals surface area contributed by atoms with Crippen LogP contribution < -0.4 is 4.99 Å². The van der Waals surface area contributed by atoms with Crippen LogP contribution in [0.25, 0.3) is 0 Å². The Hall–Kier alpha value is -0.891. The molecule has 92 valence electrons. The van der Waals surface area contributed by atoms with Crippen LogP contribution in [0.3, 0.4) is 0 Å². The Morgan fingerprint density at radius 2 is 1.72 bits per heavy atom. The number of hydrogen-bond donors (Lipinski definition) is 1. The molecule has 0 amide bonds. The molecule has 0 atom stereocenters. The summed E-state index contributed by atoms with van der Waals surface area (Å²) in [7, 11) is 0. The van der Waals surface area contributed by atoms with E-state index in [1.165, 1.54) is 15.7 Å². The minimum atomic E-state index is 0.461. The average molecular weight is 368 g/mol. The molecule has 18 heavy (non-hydrogen) atoms. The summed E-state index contributed by atoms with van der Waals surface area (Å²) < 4.78 is 2.47. The number of nitrogens with one attached hydrogen (secondary N) is 1. The van der Waals surface area contributed by atoms with Gasteiger partial charge in [0.05, 0.1) is 0 Å². The van der Waals surface area contributed by atoms with E-state index >= 15 is 0 Å². The molecule has 0 aliphatic heterocycles. The first-order valence-corrected chi connectivity index (χ1v) is 9.10. The summed E-state index contributed by atoms with van der Waals surface area (Å²) in [6.45, 7) is 0.891. The van der Waals surface area contributed by atoms with Gasteiger partial charge in [0.2, 0.25) is 0 Å². The van der Waals surface area contributed by atoms with Crippen LogP contribution in [0.1, 0.15) is 11.1 Å². The van der Waals surface area contributed by atoms with Crippen LogP contribution in [-0.2, 0) is 6.54 Å². The summed E-state index contributed by atoms with van der Waals surface area (Å²) in [6, 6.07) is 19.0. The van der Waals surface area contributed by atoms with E-state index in [-0.39, 0.29) is 0 Å². The molecule has 0 spiro atoms. The Labute approximate surface area is 123 Å². The molecule has 0 saturated heterocycles. The van der Waals surface area contributed by atoms with E-state index in [0.29, 0.717) is 15.0 Å². The molecule has 2 aromatic rings. The van der Waals surface area contributed by atoms with Gasteiger partial charge >= 0.3 is 123 Å². The zero-order chi connectivity index (χ0) is 12.8. The molecule has 3 heteroatoms. The third kappa shape index (κ3) is 3.81. The SMILES string of the molecule is C[Se]C(=[NH+]Cc1ccccc1)c1ccc(Br)cc1. The summed E-state index contributed by atoms with van der Waals surface area (Å²) >= 11 is 3.93. The number of rotatable bonds is 4. The van der Waals surface area contributed by atoms with Crippen LogP contribution >= 0.6 is 15.9 Å². The minimum absolute atomic E-state index is 0.461. The van der Waals surface area contributed by atoms with E-state index < -0.39 is 0 Å². The zero-order valence-corrected chi connectivity index (χ0v) is 13.5. The monoisotopic (exact) mass is 368 g/mol. The summed E-state index contributed by atoms with van der Waals surface area (Å²) in [5, 5.41) is 0. The first-order chi connectivity index (χ1) is 8.79. The van der Waals surface area contributed by atoms with Gasteiger partial charge in [0, 0.05) is 0 Å². The van der Waals surface area contributed by atoms with Crippen molar-refractivity contribution in [2.45, 2.75) is 12.4 Å². The summed E-state index contributed by atoms with van der Waals surface area (Å²) in [6.07, 6.45) is 0. The molecule has 0 radical (unpaired) electrons. The van der Waals surface area contributed by atoms with E-state index in [4.69, 9.17) is 0 Å². The van der Waals surface area contributed by atoms with Crippen molar-refractivity contribution in [3.63, 3.8) is 0 Å². The van der Waals surface area contributed by atoms with Crippen molar-refractivity contribution in [2.24, 2.45) is 0 Å². The zero-order valence-electron chi connectivity index (χ0n) is 10.2. The fourth-order valence-corrected chi connectivity index (χ4v) is 3.17. The quantitative estimate of drug-likeness (QED) is 0.629. The standard InChI is InChI=1S/C15H14BrNSe/c1-18-15(13-7-9-14(16)10-8-13)17-11-12-5-3-2-4-6-12/h2-10H,11H2,1H3/p+1. The van der Waals surface area contributed by atoms with Crippen molar-refractivity contribution < 1.29 is 4.99 Å². The third-order valence-electron chi connectivity index (χ3n) is 2.61. The van der Waals surface area contributed by atoms with Gasteiger partial charge < -0.3 is 0 Å². The molecule has 0 heterocycles. The van der Waals surface area contributed by atoms with Crippen molar-refractivity contribution in [1.82, 2.24) is 0 Å². The van der Waals surface area contributed by atoms with Crippen LogP contribution in [-0.4, -0.2) is 19.6 Å². The van der Waals surface area contributed by atoms with Gasteiger partial charge in [0.25, 0.3) is 0 Å². The molecule has 0 aromatic heterocycles. The van der Waals surface area contributed by atoms with Gasteiger partial charge in [0.1, 0.15) is 0 Å². The van der Waals surface area contributed by atoms with Gasteiger partial charge in [-0.05, 0) is 0 Å². The van der Waals surface area contributed by atoms with Gasteiger partial charge in [0.15, 0.2) is 0 Å². The second-order valence-electron chi connectivity index (χ2n) is 3.88. The molecule has 2 rings (SSSR count). The van der Waals surface area contributed by atoms with Gasteiger partial charge in [-0.25, -0.2) is 0 Å². The average Bonchev–Trinajstić information content (AvgIpc) is 2.42. The fourth-order valence-electron chi connectivity index (χ4n) is 1.67. The van der Waals surface area contributed by atoms with E-state index in [1.54, 1.807) is 0 Å². The van der Waals surface area contributed by atoms with Gasteiger partial charge in [-0.3, -0.25) is 0 Å². The van der Waals surface area contributed by atoms with Crippen LogP contribution in [0.15, 0.2) is 59.1 Å². The second-order valence-corrected chi connectivity index (χ2v) is 6.51. The predicted octanol–water partition coefficient (Wildman–Crippen LogP) is 2.23. The molecular formula is C15H15BrNSe+. The first kappa shape index (κ1) is 13.5. The Kier molecular flexibility index (Phi) is 5.18. The van der Waals surface area contributed by atoms with E-state index in [0.717, 1.165) is 11.0 Å². The van der Waals surface area contributed by atoms with E-state index in [1.807, 2.05) is 6.07 Å². The van der Waals surface area contributed by atoms with Crippen LogP contribution in [0.2, 0.25) is 5.82 Å². The Morgan fingerprint density at radius 3 is 2.33 bits per heavy atom. The van der Waals surface area contributed by atoms with Crippen LogP contribution in [0.4, 0.5) is 0 Å². The van der Waals surface area contributed by atoms with Crippen molar-refractivity contribution >= 4 is 35.5 Å². The maximum atomic E-state index is 3.55. The fraction of sp³-hybridized carbons (Fsp3) is 0.133. The second kappa shape index (κ2) is 6.89. The molecule has 0 unspecified atom stereocenters. The molecule has 0 aliphatic carbocycles. The van der Waals surface area contributed by atoms with Crippen molar-refractivity contribution in [3.8, 4) is 0 Å². The third-order valence-corrected chi connectivity index (χ3v) is 4.79.